The van der Waals surface area contributed by atoms with Crippen molar-refractivity contribution >= 4 is 5.69 Å². The lowest BCUT2D eigenvalue weighted by atomic mass is 10.1. The van der Waals surface area contributed by atoms with Gasteiger partial charge in [-0.3, -0.25) is 0 Å². The second kappa shape index (κ2) is 4.32. The van der Waals surface area contributed by atoms with Crippen molar-refractivity contribution < 1.29 is 14.6 Å². The fraction of sp³-hybridized carbons (Fsp3) is 0.375. The summed E-state index contributed by atoms with van der Waals surface area (Å²) in [5, 5.41) is 18.7. The molecule has 78 valence electrons. The molecule has 2 atom stereocenters. The molecule has 1 aromatic rings. The van der Waals surface area contributed by atoms with E-state index in [1.807, 2.05) is 0 Å². The van der Waals surface area contributed by atoms with Crippen LogP contribution < -0.4 is 11.5 Å². The van der Waals surface area contributed by atoms with E-state index in [2.05, 4.69) is 4.98 Å². The maximum atomic E-state index is 12.7. The zero-order valence-corrected chi connectivity index (χ0v) is 7.39. The molecule has 1 rings (SSSR count). The topological polar surface area (TPSA) is 105 Å². The van der Waals surface area contributed by atoms with Gasteiger partial charge in [0.1, 0.15) is 6.10 Å². The molecule has 1 aromatic heterocycles. The Labute approximate surface area is 80.2 Å². The molecule has 0 radical (unpaired) electrons. The summed E-state index contributed by atoms with van der Waals surface area (Å²) in [5.74, 6) is -0.766. The molecule has 0 amide bonds. The maximum Gasteiger partial charge on any atom is 0.213 e. The Morgan fingerprint density at radius 1 is 1.43 bits per heavy atom. The average Bonchev–Trinajstić information content (AvgIpc) is 2.19. The quantitative estimate of drug-likeness (QED) is 0.477. The number of aliphatic hydroxyl groups excluding tert-OH is 2. The number of anilines is 1. The van der Waals surface area contributed by atoms with Gasteiger partial charge in [0, 0.05) is 6.54 Å². The van der Waals surface area contributed by atoms with Crippen LogP contribution in [0.3, 0.4) is 0 Å². The number of nitrogens with zero attached hydrogens (tertiary/aromatic N) is 1. The third-order valence-electron chi connectivity index (χ3n) is 1.81. The van der Waals surface area contributed by atoms with Gasteiger partial charge in [0.15, 0.2) is 0 Å². The summed E-state index contributed by atoms with van der Waals surface area (Å²) < 4.78 is 12.7. The Hall–Kier alpha value is -1.24. The largest absolute Gasteiger partial charge is 0.397 e. The molecule has 0 aliphatic rings. The lowest BCUT2D eigenvalue weighted by molar-refractivity contribution is 0.0218. The Morgan fingerprint density at radius 2 is 2.07 bits per heavy atom. The van der Waals surface area contributed by atoms with Crippen LogP contribution in [0.4, 0.5) is 10.1 Å². The van der Waals surface area contributed by atoms with Crippen LogP contribution in [0.5, 0.6) is 0 Å². The van der Waals surface area contributed by atoms with E-state index >= 15 is 0 Å². The predicted octanol–water partition coefficient (Wildman–Crippen LogP) is -0.844. The number of hydrogen-bond acceptors (Lipinski definition) is 5. The third kappa shape index (κ3) is 2.16. The van der Waals surface area contributed by atoms with Gasteiger partial charge >= 0.3 is 0 Å². The molecule has 5 nitrogen and oxygen atoms in total. The molecule has 0 fully saturated rings. The summed E-state index contributed by atoms with van der Waals surface area (Å²) in [6.07, 6.45) is -2.57. The van der Waals surface area contributed by atoms with E-state index in [1.165, 1.54) is 6.07 Å². The highest BCUT2D eigenvalue weighted by molar-refractivity contribution is 5.43. The van der Waals surface area contributed by atoms with Gasteiger partial charge in [-0.1, -0.05) is 0 Å². The van der Waals surface area contributed by atoms with Crippen molar-refractivity contribution in [2.75, 3.05) is 12.3 Å². The molecule has 0 aromatic carbocycles. The number of nitrogen functional groups attached to an aromatic ring is 1. The van der Waals surface area contributed by atoms with Crippen molar-refractivity contribution in [2.24, 2.45) is 5.73 Å². The van der Waals surface area contributed by atoms with E-state index in [1.54, 1.807) is 0 Å². The predicted molar refractivity (Wildman–Crippen MR) is 48.6 cm³/mol. The van der Waals surface area contributed by atoms with Crippen LogP contribution in [0.1, 0.15) is 11.8 Å². The summed E-state index contributed by atoms with van der Waals surface area (Å²) in [6.45, 7) is -0.154. The number of aliphatic hydroxyl groups is 2. The van der Waals surface area contributed by atoms with Gasteiger partial charge < -0.3 is 21.7 Å². The second-order valence-corrected chi connectivity index (χ2v) is 2.86. The number of halogens is 1. The van der Waals surface area contributed by atoms with Crippen LogP contribution in [0, 0.1) is 5.95 Å². The normalized spacial score (nSPS) is 15.1. The minimum absolute atomic E-state index is 0.0945. The van der Waals surface area contributed by atoms with Gasteiger partial charge in [0.05, 0.1) is 17.5 Å². The van der Waals surface area contributed by atoms with E-state index in [0.29, 0.717) is 0 Å². The minimum atomic E-state index is -1.37. The lowest BCUT2D eigenvalue weighted by Crippen LogP contribution is -2.28. The highest BCUT2D eigenvalue weighted by Crippen LogP contribution is 2.20. The highest BCUT2D eigenvalue weighted by Gasteiger charge is 2.21. The Bertz CT molecular complexity index is 321. The van der Waals surface area contributed by atoms with Gasteiger partial charge in [-0.15, -0.1) is 0 Å². The van der Waals surface area contributed by atoms with Crippen LogP contribution >= 0.6 is 0 Å². The summed E-state index contributed by atoms with van der Waals surface area (Å²) in [4.78, 5) is 3.38. The van der Waals surface area contributed by atoms with Crippen molar-refractivity contribution in [3.63, 3.8) is 0 Å². The van der Waals surface area contributed by atoms with Crippen molar-refractivity contribution in [2.45, 2.75) is 12.2 Å². The van der Waals surface area contributed by atoms with E-state index < -0.39 is 18.2 Å². The molecule has 6 N–H and O–H groups in total. The van der Waals surface area contributed by atoms with Crippen molar-refractivity contribution in [1.82, 2.24) is 4.98 Å². The lowest BCUT2D eigenvalue weighted by Gasteiger charge is -2.16. The van der Waals surface area contributed by atoms with E-state index in [-0.39, 0.29) is 17.9 Å². The van der Waals surface area contributed by atoms with Gasteiger partial charge in [0.2, 0.25) is 5.95 Å². The molecule has 0 aliphatic heterocycles. The maximum absolute atomic E-state index is 12.7. The van der Waals surface area contributed by atoms with Crippen molar-refractivity contribution in [1.29, 1.82) is 0 Å². The van der Waals surface area contributed by atoms with Gasteiger partial charge in [-0.05, 0) is 12.1 Å². The first-order valence-corrected chi connectivity index (χ1v) is 4.04. The molecule has 6 heteroatoms. The summed E-state index contributed by atoms with van der Waals surface area (Å²) in [6, 6.07) is 2.34. The number of rotatable bonds is 3. The van der Waals surface area contributed by atoms with Gasteiger partial charge in [-0.25, -0.2) is 4.98 Å². The smallest absolute Gasteiger partial charge is 0.213 e. The first kappa shape index (κ1) is 10.8. The molecule has 0 saturated carbocycles. The average molecular weight is 201 g/mol. The van der Waals surface area contributed by atoms with Gasteiger partial charge in [0.25, 0.3) is 0 Å². The van der Waals surface area contributed by atoms with E-state index in [9.17, 15) is 14.6 Å². The Kier molecular flexibility index (Phi) is 3.34. The van der Waals surface area contributed by atoms with Crippen molar-refractivity contribution in [3.8, 4) is 0 Å². The van der Waals surface area contributed by atoms with Crippen LogP contribution in [-0.4, -0.2) is 27.8 Å². The standard InChI is InChI=1S/C8H12FN3O2/c9-6-2-1-4(11)7(12-6)8(14)5(13)3-10/h1-2,5,8,13-14H,3,10-11H2. The molecular weight excluding hydrogens is 189 g/mol. The summed E-state index contributed by atoms with van der Waals surface area (Å²) >= 11 is 0. The summed E-state index contributed by atoms with van der Waals surface area (Å²) in [7, 11) is 0. The SMILES string of the molecule is NCC(O)C(O)c1nc(F)ccc1N. The zero-order valence-electron chi connectivity index (χ0n) is 7.39. The number of hydrogen-bond donors (Lipinski definition) is 4. The second-order valence-electron chi connectivity index (χ2n) is 2.86. The van der Waals surface area contributed by atoms with Crippen LogP contribution in [-0.2, 0) is 0 Å². The summed E-state index contributed by atoms with van der Waals surface area (Å²) in [5.41, 5.74) is 10.6. The first-order chi connectivity index (χ1) is 6.56. The van der Waals surface area contributed by atoms with Crippen molar-refractivity contribution in [3.05, 3.63) is 23.8 Å². The fourth-order valence-corrected chi connectivity index (χ4v) is 1.01. The van der Waals surface area contributed by atoms with Crippen LogP contribution in [0.15, 0.2) is 12.1 Å². The molecule has 2 unspecified atom stereocenters. The number of pyridine rings is 1. The van der Waals surface area contributed by atoms with Crippen LogP contribution in [0.2, 0.25) is 0 Å². The first-order valence-electron chi connectivity index (χ1n) is 4.04. The fourth-order valence-electron chi connectivity index (χ4n) is 1.01. The number of nitrogens with two attached hydrogens (primary N) is 2. The minimum Gasteiger partial charge on any atom is -0.397 e. The number of aromatic nitrogens is 1. The molecular formula is C8H12FN3O2. The molecule has 0 aliphatic carbocycles. The highest BCUT2D eigenvalue weighted by atomic mass is 19.1. The Morgan fingerprint density at radius 3 is 2.64 bits per heavy atom. The molecule has 0 saturated heterocycles. The van der Waals surface area contributed by atoms with Crippen LogP contribution in [0.25, 0.3) is 0 Å². The molecule has 0 bridgehead atoms. The molecule has 14 heavy (non-hydrogen) atoms. The van der Waals surface area contributed by atoms with Gasteiger partial charge in [-0.2, -0.15) is 4.39 Å². The Balaban J connectivity index is 2.99. The molecule has 1 heterocycles. The van der Waals surface area contributed by atoms with E-state index in [0.717, 1.165) is 6.07 Å². The third-order valence-corrected chi connectivity index (χ3v) is 1.81. The molecule has 0 spiro atoms. The monoisotopic (exact) mass is 201 g/mol. The van der Waals surface area contributed by atoms with E-state index in [4.69, 9.17) is 11.5 Å². The zero-order chi connectivity index (χ0) is 10.7.